The molecule has 1 aromatic heterocycles. The van der Waals surface area contributed by atoms with Gasteiger partial charge < -0.3 is 9.72 Å². The minimum atomic E-state index is -0.862. The summed E-state index contributed by atoms with van der Waals surface area (Å²) in [4.78, 5) is 23.5. The van der Waals surface area contributed by atoms with Crippen molar-refractivity contribution in [3.05, 3.63) is 34.0 Å². The van der Waals surface area contributed by atoms with Gasteiger partial charge in [-0.3, -0.25) is 4.79 Å². The Morgan fingerprint density at radius 1 is 1.67 bits per heavy atom. The number of H-pyrrole nitrogens is 1. The van der Waals surface area contributed by atoms with Crippen LogP contribution < -0.4 is 5.56 Å². The van der Waals surface area contributed by atoms with Gasteiger partial charge in [-0.15, -0.1) is 0 Å². The van der Waals surface area contributed by atoms with Crippen molar-refractivity contribution in [3.63, 3.8) is 0 Å². The highest BCUT2D eigenvalue weighted by Crippen LogP contribution is 2.02. The Morgan fingerprint density at radius 3 is 2.92 bits per heavy atom. The molecule has 0 unspecified atom stereocenters. The third-order valence-electron chi connectivity index (χ3n) is 1.28. The number of halogens is 1. The van der Waals surface area contributed by atoms with Gasteiger partial charge in [0, 0.05) is 12.3 Å². The summed E-state index contributed by atoms with van der Waals surface area (Å²) in [6.07, 6.45) is 0.814. The predicted molar refractivity (Wildman–Crippen MR) is 38.4 cm³/mol. The Balaban J connectivity index is 3.22. The molecule has 0 saturated heterocycles. The molecular formula is C7H6FNO3. The first-order valence-electron chi connectivity index (χ1n) is 3.11. The van der Waals surface area contributed by atoms with Crippen LogP contribution in [-0.2, 0) is 4.74 Å². The topological polar surface area (TPSA) is 59.2 Å². The number of ether oxygens (including phenoxy) is 1. The molecule has 4 nitrogen and oxygen atoms in total. The van der Waals surface area contributed by atoms with Crippen molar-refractivity contribution in [1.29, 1.82) is 0 Å². The molecule has 0 atom stereocenters. The molecule has 12 heavy (non-hydrogen) atoms. The Morgan fingerprint density at radius 2 is 2.33 bits per heavy atom. The molecule has 0 saturated carbocycles. The number of hydrogen-bond donors (Lipinski definition) is 1. The quantitative estimate of drug-likeness (QED) is 0.618. The molecule has 1 rings (SSSR count). The first-order valence-corrected chi connectivity index (χ1v) is 3.11. The van der Waals surface area contributed by atoms with Gasteiger partial charge in [-0.25, -0.2) is 9.18 Å². The largest absolute Gasteiger partial charge is 0.465 e. The van der Waals surface area contributed by atoms with Gasteiger partial charge in [-0.2, -0.15) is 0 Å². The van der Waals surface area contributed by atoms with Crippen molar-refractivity contribution in [2.24, 2.45) is 0 Å². The number of aromatic nitrogens is 1. The summed E-state index contributed by atoms with van der Waals surface area (Å²) in [5, 5.41) is 0. The number of carbonyl (C=O) groups excluding carboxylic acids is 1. The fourth-order valence-corrected chi connectivity index (χ4v) is 0.720. The van der Waals surface area contributed by atoms with Crippen molar-refractivity contribution in [3.8, 4) is 0 Å². The molecule has 5 heteroatoms. The molecule has 0 amide bonds. The van der Waals surface area contributed by atoms with E-state index in [1.165, 1.54) is 0 Å². The summed E-state index contributed by atoms with van der Waals surface area (Å²) in [6.45, 7) is 0. The zero-order valence-corrected chi connectivity index (χ0v) is 6.26. The number of esters is 1. The van der Waals surface area contributed by atoms with E-state index in [1.807, 2.05) is 0 Å². The van der Waals surface area contributed by atoms with Gasteiger partial charge in [0.1, 0.15) is 5.56 Å². The molecule has 0 fully saturated rings. The van der Waals surface area contributed by atoms with E-state index in [4.69, 9.17) is 0 Å². The molecule has 0 aliphatic heterocycles. The first kappa shape index (κ1) is 8.45. The number of methoxy groups -OCH3 is 1. The summed E-state index contributed by atoms with van der Waals surface area (Å²) < 4.78 is 17.0. The number of aromatic amines is 1. The van der Waals surface area contributed by atoms with Gasteiger partial charge in [0.15, 0.2) is 5.82 Å². The minimum absolute atomic E-state index is 0.360. The van der Waals surface area contributed by atoms with E-state index in [9.17, 15) is 14.0 Å². The summed E-state index contributed by atoms with van der Waals surface area (Å²) in [6, 6.07) is 0.848. The summed E-state index contributed by atoms with van der Waals surface area (Å²) in [7, 11) is 1.11. The van der Waals surface area contributed by atoms with Gasteiger partial charge in [-0.1, -0.05) is 0 Å². The van der Waals surface area contributed by atoms with Gasteiger partial charge in [0.05, 0.1) is 7.11 Å². The normalized spacial score (nSPS) is 9.50. The van der Waals surface area contributed by atoms with Crippen LogP contribution in [0.2, 0.25) is 0 Å². The average Bonchev–Trinajstić information content (AvgIpc) is 2.08. The van der Waals surface area contributed by atoms with Crippen LogP contribution in [0.5, 0.6) is 0 Å². The lowest BCUT2D eigenvalue weighted by Gasteiger charge is -1.98. The second kappa shape index (κ2) is 3.17. The van der Waals surface area contributed by atoms with Crippen LogP contribution in [0.4, 0.5) is 4.39 Å². The monoisotopic (exact) mass is 171 g/mol. The standard InChI is InChI=1S/C7H6FNO3/c1-12-7(11)4-2-6(10)9-3-5(4)8/h2-3H,1H3,(H,9,10). The average molecular weight is 171 g/mol. The molecule has 64 valence electrons. The van der Waals surface area contributed by atoms with Crippen LogP contribution in [0.15, 0.2) is 17.1 Å². The molecule has 1 heterocycles. The lowest BCUT2D eigenvalue weighted by molar-refractivity contribution is 0.0595. The van der Waals surface area contributed by atoms with Crippen LogP contribution in [0.1, 0.15) is 10.4 Å². The van der Waals surface area contributed by atoms with Gasteiger partial charge in [-0.05, 0) is 0 Å². The summed E-state index contributed by atoms with van der Waals surface area (Å²) in [5.74, 6) is -1.67. The molecule has 0 aromatic carbocycles. The number of carbonyl (C=O) groups is 1. The van der Waals surface area contributed by atoms with E-state index >= 15 is 0 Å². The molecule has 0 bridgehead atoms. The maximum Gasteiger partial charge on any atom is 0.341 e. The van der Waals surface area contributed by atoms with E-state index in [0.29, 0.717) is 0 Å². The molecular weight excluding hydrogens is 165 g/mol. The molecule has 1 aromatic rings. The van der Waals surface area contributed by atoms with Gasteiger partial charge in [0.25, 0.3) is 0 Å². The number of hydrogen-bond acceptors (Lipinski definition) is 3. The Bertz CT molecular complexity index is 358. The van der Waals surface area contributed by atoms with Crippen molar-refractivity contribution in [2.45, 2.75) is 0 Å². The highest BCUT2D eigenvalue weighted by Gasteiger charge is 2.11. The number of pyridine rings is 1. The lowest BCUT2D eigenvalue weighted by Crippen LogP contribution is -2.12. The van der Waals surface area contributed by atoms with Gasteiger partial charge >= 0.3 is 5.97 Å². The Kier molecular flexibility index (Phi) is 2.23. The van der Waals surface area contributed by atoms with Crippen LogP contribution in [0.25, 0.3) is 0 Å². The maximum atomic E-state index is 12.7. The predicted octanol–water partition coefficient (Wildman–Crippen LogP) is 0.301. The maximum absolute atomic E-state index is 12.7. The van der Waals surface area contributed by atoms with Gasteiger partial charge in [0.2, 0.25) is 5.56 Å². The SMILES string of the molecule is COC(=O)c1cc(=O)[nH]cc1F. The van der Waals surface area contributed by atoms with Crippen LogP contribution in [-0.4, -0.2) is 18.1 Å². The summed E-state index contributed by atoms with van der Waals surface area (Å²) in [5.41, 5.74) is -0.905. The van der Waals surface area contributed by atoms with Crippen LogP contribution in [0, 0.1) is 5.82 Å². The van der Waals surface area contributed by atoms with Crippen LogP contribution in [0.3, 0.4) is 0 Å². The van der Waals surface area contributed by atoms with E-state index in [-0.39, 0.29) is 5.56 Å². The Labute approximate surface area is 67.0 Å². The highest BCUT2D eigenvalue weighted by atomic mass is 19.1. The number of nitrogens with one attached hydrogen (secondary N) is 1. The fraction of sp³-hybridized carbons (Fsp3) is 0.143. The highest BCUT2D eigenvalue weighted by molar-refractivity contribution is 5.89. The van der Waals surface area contributed by atoms with E-state index in [0.717, 1.165) is 19.4 Å². The van der Waals surface area contributed by atoms with Crippen molar-refractivity contribution in [1.82, 2.24) is 4.98 Å². The molecule has 0 spiro atoms. The van der Waals surface area contributed by atoms with Crippen LogP contribution >= 0.6 is 0 Å². The first-order chi connectivity index (χ1) is 5.65. The minimum Gasteiger partial charge on any atom is -0.465 e. The van der Waals surface area contributed by atoms with Crippen molar-refractivity contribution < 1.29 is 13.9 Å². The zero-order chi connectivity index (χ0) is 9.14. The smallest absolute Gasteiger partial charge is 0.341 e. The van der Waals surface area contributed by atoms with E-state index < -0.39 is 17.3 Å². The summed E-state index contributed by atoms with van der Waals surface area (Å²) >= 11 is 0. The van der Waals surface area contributed by atoms with E-state index in [2.05, 4.69) is 9.72 Å². The van der Waals surface area contributed by atoms with Crippen molar-refractivity contribution in [2.75, 3.05) is 7.11 Å². The zero-order valence-electron chi connectivity index (χ0n) is 6.26. The second-order valence-electron chi connectivity index (χ2n) is 2.05. The third kappa shape index (κ3) is 1.50. The third-order valence-corrected chi connectivity index (χ3v) is 1.28. The second-order valence-corrected chi connectivity index (χ2v) is 2.05. The number of rotatable bonds is 1. The molecule has 0 aliphatic rings. The lowest BCUT2D eigenvalue weighted by atomic mass is 10.2. The van der Waals surface area contributed by atoms with E-state index in [1.54, 1.807) is 0 Å². The van der Waals surface area contributed by atoms with Crippen molar-refractivity contribution >= 4 is 5.97 Å². The molecule has 0 radical (unpaired) electrons. The molecule has 0 aliphatic carbocycles. The Hall–Kier alpha value is -1.65. The molecule has 1 N–H and O–H groups in total. The fourth-order valence-electron chi connectivity index (χ4n) is 0.720.